The molecule has 0 aliphatic rings. The van der Waals surface area contributed by atoms with Gasteiger partial charge in [0.05, 0.1) is 5.75 Å². The van der Waals surface area contributed by atoms with Crippen molar-refractivity contribution in [2.45, 2.75) is 18.5 Å². The van der Waals surface area contributed by atoms with Crippen molar-refractivity contribution in [2.75, 3.05) is 20.6 Å². The van der Waals surface area contributed by atoms with Crippen LogP contribution in [-0.4, -0.2) is 39.5 Å². The third-order valence-corrected chi connectivity index (χ3v) is 4.41. The molecule has 0 aliphatic heterocycles. The normalized spacial score (nSPS) is 12.9. The van der Waals surface area contributed by atoms with E-state index in [0.29, 0.717) is 16.4 Å². The maximum absolute atomic E-state index is 12.2. The van der Waals surface area contributed by atoms with Gasteiger partial charge in [-0.05, 0) is 18.2 Å². The molecular weight excluding hydrogens is 293 g/mol. The van der Waals surface area contributed by atoms with Crippen LogP contribution in [0.2, 0.25) is 0 Å². The Morgan fingerprint density at radius 2 is 1.65 bits per heavy atom. The fraction of sp³-hybridized carbons (Fsp3) is 0.500. The molecule has 0 heterocycles. The summed E-state index contributed by atoms with van der Waals surface area (Å²) in [6.45, 7) is -0.839. The number of sulfonamides is 1. The molecule has 0 aliphatic carbocycles. The maximum atomic E-state index is 12.2. The van der Waals surface area contributed by atoms with Crippen LogP contribution >= 0.6 is 0 Å². The predicted molar refractivity (Wildman–Crippen MR) is 70.5 cm³/mol. The van der Waals surface area contributed by atoms with Gasteiger partial charge in [-0.15, -0.1) is 0 Å². The number of benzene rings is 1. The molecule has 1 rings (SSSR count). The molecule has 0 fully saturated rings. The smallest absolute Gasteiger partial charge is 0.316 e. The Hall–Kier alpha value is -1.12. The summed E-state index contributed by atoms with van der Waals surface area (Å²) >= 11 is 0. The summed E-state index contributed by atoms with van der Waals surface area (Å²) < 4.78 is 60.5. The Morgan fingerprint density at radius 3 is 2.10 bits per heavy atom. The van der Waals surface area contributed by atoms with Crippen molar-refractivity contribution in [3.63, 3.8) is 0 Å². The number of rotatable bonds is 6. The first-order valence-electron chi connectivity index (χ1n) is 5.87. The number of halogens is 3. The fourth-order valence-corrected chi connectivity index (χ4v) is 2.81. The zero-order valence-corrected chi connectivity index (χ0v) is 12.1. The standard InChI is InChI=1S/C12H17F3N2O2S/c1-16-7-10-3-5-11(6-4-10)8-20(18,19)17(2)9-12(13,14)15/h3-6,16H,7-9H2,1-2H3. The average molecular weight is 310 g/mol. The highest BCUT2D eigenvalue weighted by Crippen LogP contribution is 2.19. The summed E-state index contributed by atoms with van der Waals surface area (Å²) in [6.07, 6.45) is -4.54. The van der Waals surface area contributed by atoms with Crippen molar-refractivity contribution in [1.82, 2.24) is 9.62 Å². The van der Waals surface area contributed by atoms with E-state index in [1.165, 1.54) is 0 Å². The van der Waals surface area contributed by atoms with Crippen molar-refractivity contribution in [3.05, 3.63) is 35.4 Å². The second-order valence-electron chi connectivity index (χ2n) is 4.47. The monoisotopic (exact) mass is 310 g/mol. The van der Waals surface area contributed by atoms with Crippen molar-refractivity contribution < 1.29 is 21.6 Å². The lowest BCUT2D eigenvalue weighted by Crippen LogP contribution is -2.36. The largest absolute Gasteiger partial charge is 0.402 e. The molecule has 0 bridgehead atoms. The lowest BCUT2D eigenvalue weighted by Gasteiger charge is -2.18. The van der Waals surface area contributed by atoms with Gasteiger partial charge < -0.3 is 5.32 Å². The number of nitrogens with zero attached hydrogens (tertiary/aromatic N) is 1. The average Bonchev–Trinajstić information content (AvgIpc) is 2.29. The van der Waals surface area contributed by atoms with Gasteiger partial charge in [0.2, 0.25) is 10.0 Å². The van der Waals surface area contributed by atoms with Gasteiger partial charge in [0, 0.05) is 13.6 Å². The van der Waals surface area contributed by atoms with Crippen molar-refractivity contribution >= 4 is 10.0 Å². The minimum atomic E-state index is -4.54. The van der Waals surface area contributed by atoms with Crippen LogP contribution in [0, 0.1) is 0 Å². The Kier molecular flexibility index (Phi) is 5.55. The van der Waals surface area contributed by atoms with E-state index in [1.807, 2.05) is 0 Å². The Labute approximate surface area is 116 Å². The highest BCUT2D eigenvalue weighted by molar-refractivity contribution is 7.88. The molecule has 20 heavy (non-hydrogen) atoms. The van der Waals surface area contributed by atoms with Crippen molar-refractivity contribution in [3.8, 4) is 0 Å². The molecule has 0 saturated carbocycles. The number of hydrogen-bond acceptors (Lipinski definition) is 3. The minimum Gasteiger partial charge on any atom is -0.316 e. The minimum absolute atomic E-state index is 0.328. The summed E-state index contributed by atoms with van der Waals surface area (Å²) in [5.74, 6) is -0.445. The molecule has 0 spiro atoms. The van der Waals surface area contributed by atoms with Gasteiger partial charge in [0.25, 0.3) is 0 Å². The van der Waals surface area contributed by atoms with E-state index in [9.17, 15) is 21.6 Å². The molecule has 0 aromatic heterocycles. The number of nitrogens with one attached hydrogen (secondary N) is 1. The molecule has 0 radical (unpaired) electrons. The Balaban J connectivity index is 2.75. The second-order valence-corrected chi connectivity index (χ2v) is 6.55. The molecule has 1 aromatic carbocycles. The van der Waals surface area contributed by atoms with Crippen LogP contribution in [0.25, 0.3) is 0 Å². The van der Waals surface area contributed by atoms with Crippen molar-refractivity contribution in [1.29, 1.82) is 0 Å². The SMILES string of the molecule is CNCc1ccc(CS(=O)(=O)N(C)CC(F)(F)F)cc1. The summed E-state index contributed by atoms with van der Waals surface area (Å²) in [6, 6.07) is 6.69. The van der Waals surface area contributed by atoms with Crippen molar-refractivity contribution in [2.24, 2.45) is 0 Å². The molecular formula is C12H17F3N2O2S. The van der Waals surface area contributed by atoms with Gasteiger partial charge in [-0.25, -0.2) is 8.42 Å². The lowest BCUT2D eigenvalue weighted by atomic mass is 10.1. The van der Waals surface area contributed by atoms with Crippen LogP contribution in [0.15, 0.2) is 24.3 Å². The lowest BCUT2D eigenvalue weighted by molar-refractivity contribution is -0.134. The third kappa shape index (κ3) is 5.48. The van der Waals surface area contributed by atoms with E-state index in [4.69, 9.17) is 0 Å². The van der Waals surface area contributed by atoms with Crippen LogP contribution in [0.3, 0.4) is 0 Å². The molecule has 114 valence electrons. The van der Waals surface area contributed by atoms with E-state index in [1.54, 1.807) is 31.3 Å². The van der Waals surface area contributed by atoms with E-state index in [0.717, 1.165) is 12.6 Å². The van der Waals surface area contributed by atoms with Gasteiger partial charge in [-0.3, -0.25) is 0 Å². The molecule has 1 N–H and O–H groups in total. The van der Waals surface area contributed by atoms with E-state index < -0.39 is 28.5 Å². The summed E-state index contributed by atoms with van der Waals surface area (Å²) in [5.41, 5.74) is 1.43. The summed E-state index contributed by atoms with van der Waals surface area (Å²) in [5, 5.41) is 2.94. The molecule has 0 amide bonds. The fourth-order valence-electron chi connectivity index (χ4n) is 1.63. The first kappa shape index (κ1) is 16.9. The summed E-state index contributed by atoms with van der Waals surface area (Å²) in [7, 11) is -1.26. The molecule has 8 heteroatoms. The molecule has 4 nitrogen and oxygen atoms in total. The third-order valence-electron chi connectivity index (χ3n) is 2.63. The van der Waals surface area contributed by atoms with E-state index in [2.05, 4.69) is 5.32 Å². The predicted octanol–water partition coefficient (Wildman–Crippen LogP) is 1.73. The van der Waals surface area contributed by atoms with E-state index in [-0.39, 0.29) is 0 Å². The molecule has 0 saturated heterocycles. The van der Waals surface area contributed by atoms with Gasteiger partial charge in [0.1, 0.15) is 6.54 Å². The summed E-state index contributed by atoms with van der Waals surface area (Å²) in [4.78, 5) is 0. The quantitative estimate of drug-likeness (QED) is 0.870. The van der Waals surface area contributed by atoms with E-state index >= 15 is 0 Å². The van der Waals surface area contributed by atoms with Crippen LogP contribution in [0.1, 0.15) is 11.1 Å². The molecule has 0 atom stereocenters. The Bertz CT molecular complexity index is 527. The van der Waals surface area contributed by atoms with Crippen LogP contribution < -0.4 is 5.32 Å². The molecule has 0 unspecified atom stereocenters. The highest BCUT2D eigenvalue weighted by Gasteiger charge is 2.34. The second kappa shape index (κ2) is 6.55. The first-order valence-corrected chi connectivity index (χ1v) is 7.48. The van der Waals surface area contributed by atoms with Crippen LogP contribution in [-0.2, 0) is 22.3 Å². The van der Waals surface area contributed by atoms with Crippen LogP contribution in [0.5, 0.6) is 0 Å². The van der Waals surface area contributed by atoms with Gasteiger partial charge in [-0.1, -0.05) is 24.3 Å². The first-order chi connectivity index (χ1) is 9.14. The Morgan fingerprint density at radius 1 is 1.15 bits per heavy atom. The van der Waals surface area contributed by atoms with Gasteiger partial charge >= 0.3 is 6.18 Å². The van der Waals surface area contributed by atoms with Gasteiger partial charge in [0.15, 0.2) is 0 Å². The topological polar surface area (TPSA) is 49.4 Å². The number of alkyl halides is 3. The highest BCUT2D eigenvalue weighted by atomic mass is 32.2. The zero-order valence-electron chi connectivity index (χ0n) is 11.2. The molecule has 1 aromatic rings. The van der Waals surface area contributed by atoms with Crippen LogP contribution in [0.4, 0.5) is 13.2 Å². The van der Waals surface area contributed by atoms with Gasteiger partial charge in [-0.2, -0.15) is 17.5 Å². The maximum Gasteiger partial charge on any atom is 0.402 e. The zero-order chi connectivity index (χ0) is 15.4. The number of hydrogen-bond donors (Lipinski definition) is 1.